The zero-order chi connectivity index (χ0) is 14.5. The Bertz CT molecular complexity index is 472. The Kier molecular flexibility index (Phi) is 4.95. The van der Waals surface area contributed by atoms with E-state index in [4.69, 9.17) is 9.47 Å². The molecule has 1 fully saturated rings. The van der Waals surface area contributed by atoms with Gasteiger partial charge in [0.1, 0.15) is 30.0 Å². The SMILES string of the molecule is CCC(=O)COc1cc(F)cc(O[C@H]2C[C@@H](NC)C2)c1. The van der Waals surface area contributed by atoms with Crippen LogP contribution in [0.4, 0.5) is 4.39 Å². The maximum atomic E-state index is 13.5. The minimum atomic E-state index is -0.425. The maximum absolute atomic E-state index is 13.5. The second-order valence-electron chi connectivity index (χ2n) is 5.00. The summed E-state index contributed by atoms with van der Waals surface area (Å²) in [5.74, 6) is 0.327. The largest absolute Gasteiger partial charge is 0.490 e. The summed E-state index contributed by atoms with van der Waals surface area (Å²) in [4.78, 5) is 11.2. The highest BCUT2D eigenvalue weighted by Crippen LogP contribution is 2.28. The van der Waals surface area contributed by atoms with Crippen molar-refractivity contribution in [3.05, 3.63) is 24.0 Å². The number of benzene rings is 1. The first kappa shape index (κ1) is 14.8. The third-order valence-corrected chi connectivity index (χ3v) is 3.44. The van der Waals surface area contributed by atoms with Crippen molar-refractivity contribution in [1.29, 1.82) is 0 Å². The molecule has 1 aromatic rings. The van der Waals surface area contributed by atoms with E-state index in [1.807, 2.05) is 7.05 Å². The van der Waals surface area contributed by atoms with Crippen LogP contribution >= 0.6 is 0 Å². The summed E-state index contributed by atoms with van der Waals surface area (Å²) >= 11 is 0. The molecule has 0 saturated heterocycles. The van der Waals surface area contributed by atoms with Crippen LogP contribution in [0.25, 0.3) is 0 Å². The number of Topliss-reactive ketones (excluding diaryl/α,β-unsaturated/α-hetero) is 1. The molecular formula is C15H20FNO3. The molecule has 1 N–H and O–H groups in total. The fraction of sp³-hybridized carbons (Fsp3) is 0.533. The third-order valence-electron chi connectivity index (χ3n) is 3.44. The van der Waals surface area contributed by atoms with E-state index in [0.717, 1.165) is 12.8 Å². The molecule has 0 atom stereocenters. The van der Waals surface area contributed by atoms with E-state index in [9.17, 15) is 9.18 Å². The molecule has 1 aromatic carbocycles. The molecule has 1 saturated carbocycles. The molecule has 2 rings (SSSR count). The van der Waals surface area contributed by atoms with Gasteiger partial charge >= 0.3 is 0 Å². The van der Waals surface area contributed by atoms with Gasteiger partial charge in [-0.25, -0.2) is 4.39 Å². The van der Waals surface area contributed by atoms with Gasteiger partial charge in [0.15, 0.2) is 5.78 Å². The van der Waals surface area contributed by atoms with Crippen molar-refractivity contribution < 1.29 is 18.7 Å². The van der Waals surface area contributed by atoms with Crippen LogP contribution in [0.3, 0.4) is 0 Å². The molecule has 0 amide bonds. The fourth-order valence-corrected chi connectivity index (χ4v) is 2.04. The molecule has 0 aliphatic heterocycles. The van der Waals surface area contributed by atoms with Crippen LogP contribution in [-0.4, -0.2) is 31.6 Å². The van der Waals surface area contributed by atoms with E-state index >= 15 is 0 Å². The van der Waals surface area contributed by atoms with Crippen molar-refractivity contribution in [2.24, 2.45) is 0 Å². The van der Waals surface area contributed by atoms with Crippen molar-refractivity contribution >= 4 is 5.78 Å². The first-order valence-corrected chi connectivity index (χ1v) is 6.89. The topological polar surface area (TPSA) is 47.6 Å². The molecule has 0 bridgehead atoms. The minimum absolute atomic E-state index is 0.0208. The first-order chi connectivity index (χ1) is 9.60. The number of hydrogen-bond donors (Lipinski definition) is 1. The normalized spacial score (nSPS) is 21.1. The Balaban J connectivity index is 1.92. The average molecular weight is 281 g/mol. The van der Waals surface area contributed by atoms with E-state index in [-0.39, 0.29) is 18.5 Å². The lowest BCUT2D eigenvalue weighted by molar-refractivity contribution is -0.120. The van der Waals surface area contributed by atoms with Gasteiger partial charge in [-0.1, -0.05) is 6.92 Å². The van der Waals surface area contributed by atoms with Crippen molar-refractivity contribution in [3.63, 3.8) is 0 Å². The molecule has 1 aliphatic rings. The van der Waals surface area contributed by atoms with Gasteiger partial charge in [0.2, 0.25) is 0 Å². The van der Waals surface area contributed by atoms with Crippen molar-refractivity contribution in [2.75, 3.05) is 13.7 Å². The predicted octanol–water partition coefficient (Wildman–Crippen LogP) is 2.31. The van der Waals surface area contributed by atoms with E-state index in [1.165, 1.54) is 12.1 Å². The van der Waals surface area contributed by atoms with E-state index in [2.05, 4.69) is 5.32 Å². The molecule has 0 aromatic heterocycles. The molecule has 0 unspecified atom stereocenters. The molecular weight excluding hydrogens is 261 g/mol. The standard InChI is InChI=1S/C15H20FNO3/c1-3-12(18)9-19-13-4-10(16)5-14(8-13)20-15-6-11(7-15)17-2/h4-5,8,11,15,17H,3,6-7,9H2,1-2H3/t11-,15+. The van der Waals surface area contributed by atoms with Gasteiger partial charge in [-0.05, 0) is 19.9 Å². The lowest BCUT2D eigenvalue weighted by Gasteiger charge is -2.35. The Morgan fingerprint density at radius 3 is 2.70 bits per heavy atom. The second-order valence-corrected chi connectivity index (χ2v) is 5.00. The molecule has 1 aliphatic carbocycles. The summed E-state index contributed by atoms with van der Waals surface area (Å²) in [7, 11) is 1.92. The Morgan fingerprint density at radius 2 is 2.05 bits per heavy atom. The Morgan fingerprint density at radius 1 is 1.35 bits per heavy atom. The summed E-state index contributed by atoms with van der Waals surface area (Å²) in [6, 6.07) is 4.69. The quantitative estimate of drug-likeness (QED) is 0.833. The molecule has 4 nitrogen and oxygen atoms in total. The maximum Gasteiger partial charge on any atom is 0.169 e. The number of hydrogen-bond acceptors (Lipinski definition) is 4. The lowest BCUT2D eigenvalue weighted by Crippen LogP contribution is -2.45. The second kappa shape index (κ2) is 6.70. The number of halogens is 1. The van der Waals surface area contributed by atoms with Crippen LogP contribution in [0, 0.1) is 5.82 Å². The Hall–Kier alpha value is -1.62. The summed E-state index contributed by atoms with van der Waals surface area (Å²) in [5.41, 5.74) is 0. The van der Waals surface area contributed by atoms with Crippen LogP contribution in [0.1, 0.15) is 26.2 Å². The fourth-order valence-electron chi connectivity index (χ4n) is 2.04. The lowest BCUT2D eigenvalue weighted by atomic mass is 9.89. The highest BCUT2D eigenvalue weighted by atomic mass is 19.1. The monoisotopic (exact) mass is 281 g/mol. The first-order valence-electron chi connectivity index (χ1n) is 6.89. The number of nitrogens with one attached hydrogen (secondary N) is 1. The van der Waals surface area contributed by atoms with Crippen LogP contribution in [0.15, 0.2) is 18.2 Å². The van der Waals surface area contributed by atoms with Gasteiger partial charge in [-0.15, -0.1) is 0 Å². The molecule has 20 heavy (non-hydrogen) atoms. The van der Waals surface area contributed by atoms with E-state index in [1.54, 1.807) is 13.0 Å². The van der Waals surface area contributed by atoms with Gasteiger partial charge in [0.25, 0.3) is 0 Å². The number of ether oxygens (including phenoxy) is 2. The molecule has 5 heteroatoms. The molecule has 110 valence electrons. The van der Waals surface area contributed by atoms with Gasteiger partial charge < -0.3 is 14.8 Å². The number of ketones is 1. The minimum Gasteiger partial charge on any atom is -0.490 e. The molecule has 0 spiro atoms. The number of carbonyl (C=O) groups is 1. The van der Waals surface area contributed by atoms with Crippen LogP contribution in [0.5, 0.6) is 11.5 Å². The highest BCUT2D eigenvalue weighted by molar-refractivity contribution is 5.79. The summed E-state index contributed by atoms with van der Waals surface area (Å²) < 4.78 is 24.5. The summed E-state index contributed by atoms with van der Waals surface area (Å²) in [6.07, 6.45) is 2.35. The number of carbonyl (C=O) groups excluding carboxylic acids is 1. The third kappa shape index (κ3) is 3.93. The molecule has 0 heterocycles. The van der Waals surface area contributed by atoms with Gasteiger partial charge in [-0.2, -0.15) is 0 Å². The van der Waals surface area contributed by atoms with E-state index < -0.39 is 5.82 Å². The van der Waals surface area contributed by atoms with E-state index in [0.29, 0.717) is 24.0 Å². The summed E-state index contributed by atoms with van der Waals surface area (Å²) in [5, 5.41) is 3.16. The zero-order valence-corrected chi connectivity index (χ0v) is 11.8. The van der Waals surface area contributed by atoms with Crippen molar-refractivity contribution in [1.82, 2.24) is 5.32 Å². The highest BCUT2D eigenvalue weighted by Gasteiger charge is 2.29. The van der Waals surface area contributed by atoms with Crippen LogP contribution in [0.2, 0.25) is 0 Å². The zero-order valence-electron chi connectivity index (χ0n) is 11.8. The molecule has 0 radical (unpaired) electrons. The van der Waals surface area contributed by atoms with Crippen molar-refractivity contribution in [2.45, 2.75) is 38.3 Å². The van der Waals surface area contributed by atoms with Gasteiger partial charge in [0.05, 0.1) is 0 Å². The Labute approximate surface area is 118 Å². The van der Waals surface area contributed by atoms with Gasteiger partial charge in [0, 0.05) is 30.7 Å². The van der Waals surface area contributed by atoms with Crippen LogP contribution < -0.4 is 14.8 Å². The average Bonchev–Trinajstić information content (AvgIpc) is 2.39. The van der Waals surface area contributed by atoms with Crippen LogP contribution in [-0.2, 0) is 4.79 Å². The smallest absolute Gasteiger partial charge is 0.169 e. The number of rotatable bonds is 7. The predicted molar refractivity (Wildman–Crippen MR) is 73.7 cm³/mol. The summed E-state index contributed by atoms with van der Waals surface area (Å²) in [6.45, 7) is 1.73. The van der Waals surface area contributed by atoms with Crippen molar-refractivity contribution in [3.8, 4) is 11.5 Å². The van der Waals surface area contributed by atoms with Gasteiger partial charge in [-0.3, -0.25) is 4.79 Å².